The summed E-state index contributed by atoms with van der Waals surface area (Å²) in [5.74, 6) is 0.717. The number of aryl methyl sites for hydroxylation is 1. The van der Waals surface area contributed by atoms with Crippen LogP contribution in [0, 0.1) is 6.92 Å². The fourth-order valence-electron chi connectivity index (χ4n) is 1.77. The average Bonchev–Trinajstić information content (AvgIpc) is 3.11. The van der Waals surface area contributed by atoms with Gasteiger partial charge in [-0.15, -0.1) is 10.2 Å². The summed E-state index contributed by atoms with van der Waals surface area (Å²) in [6.07, 6.45) is 1.40. The Bertz CT molecular complexity index is 862. The molecule has 0 spiro atoms. The topological polar surface area (TPSA) is 97.2 Å². The zero-order chi connectivity index (χ0) is 15.5. The number of hydrogen-bond donors (Lipinski definition) is 1. The van der Waals surface area contributed by atoms with Gasteiger partial charge in [-0.05, 0) is 29.0 Å². The number of hydrogen-bond acceptors (Lipinski definition) is 7. The van der Waals surface area contributed by atoms with Gasteiger partial charge in [0, 0.05) is 12.1 Å². The summed E-state index contributed by atoms with van der Waals surface area (Å²) in [7, 11) is 1.59. The first-order valence-corrected chi connectivity index (χ1v) is 7.11. The van der Waals surface area contributed by atoms with Crippen molar-refractivity contribution in [2.75, 3.05) is 7.11 Å². The average molecular weight is 318 g/mol. The molecule has 112 valence electrons. The molecule has 0 saturated carbocycles. The quantitative estimate of drug-likeness (QED) is 0.575. The molecule has 0 fully saturated rings. The zero-order valence-electron chi connectivity index (χ0n) is 11.8. The van der Waals surface area contributed by atoms with Crippen LogP contribution >= 0.6 is 11.3 Å². The largest absolute Gasteiger partial charge is 0.497 e. The van der Waals surface area contributed by atoms with Gasteiger partial charge in [0.05, 0.1) is 7.11 Å². The van der Waals surface area contributed by atoms with Gasteiger partial charge in [0.25, 0.3) is 0 Å². The minimum Gasteiger partial charge on any atom is -0.497 e. The zero-order valence-corrected chi connectivity index (χ0v) is 12.6. The summed E-state index contributed by atoms with van der Waals surface area (Å²) in [5.41, 5.74) is 0.431. The Labute approximate surface area is 128 Å². The summed E-state index contributed by atoms with van der Waals surface area (Å²) in [6, 6.07) is 7.14. The monoisotopic (exact) mass is 318 g/mol. The Balaban J connectivity index is 1.96. The van der Waals surface area contributed by atoms with E-state index in [1.54, 1.807) is 31.4 Å². The molecule has 0 unspecified atom stereocenters. The Morgan fingerprint density at radius 3 is 2.77 bits per heavy atom. The van der Waals surface area contributed by atoms with Crippen LogP contribution < -0.4 is 15.0 Å². The molecular formula is C13H12N5O3S+. The van der Waals surface area contributed by atoms with Gasteiger partial charge in [-0.2, -0.15) is 0 Å². The molecule has 0 radical (unpaired) electrons. The molecule has 0 aliphatic carbocycles. The third-order valence-electron chi connectivity index (χ3n) is 2.82. The molecule has 2 aromatic heterocycles. The second-order valence-electron chi connectivity index (χ2n) is 4.26. The predicted molar refractivity (Wildman–Crippen MR) is 79.3 cm³/mol. The lowest BCUT2D eigenvalue weighted by Crippen LogP contribution is -2.38. The third kappa shape index (κ3) is 2.79. The van der Waals surface area contributed by atoms with E-state index >= 15 is 0 Å². The van der Waals surface area contributed by atoms with Crippen molar-refractivity contribution in [2.24, 2.45) is 4.99 Å². The molecule has 2 heterocycles. The van der Waals surface area contributed by atoms with Gasteiger partial charge in [-0.1, -0.05) is 11.3 Å². The molecule has 1 aromatic carbocycles. The van der Waals surface area contributed by atoms with Gasteiger partial charge in [-0.3, -0.25) is 4.52 Å². The van der Waals surface area contributed by atoms with Crippen molar-refractivity contribution < 1.29 is 13.9 Å². The van der Waals surface area contributed by atoms with Crippen molar-refractivity contribution in [1.82, 2.24) is 15.5 Å². The first kappa shape index (κ1) is 14.1. The number of nitrogens with one attached hydrogen (secondary N) is 1. The maximum absolute atomic E-state index is 11.8. The number of rotatable bonds is 4. The molecule has 0 amide bonds. The highest BCUT2D eigenvalue weighted by Crippen LogP contribution is 2.16. The van der Waals surface area contributed by atoms with E-state index in [1.165, 1.54) is 22.2 Å². The van der Waals surface area contributed by atoms with Crippen LogP contribution in [0.4, 0.5) is 5.13 Å². The van der Waals surface area contributed by atoms with E-state index in [1.807, 2.05) is 6.92 Å². The highest BCUT2D eigenvalue weighted by atomic mass is 32.1. The van der Waals surface area contributed by atoms with Gasteiger partial charge in [0.2, 0.25) is 10.8 Å². The molecule has 3 rings (SSSR count). The van der Waals surface area contributed by atoms with E-state index in [2.05, 4.69) is 20.5 Å². The van der Waals surface area contributed by atoms with Crippen LogP contribution in [0.25, 0.3) is 5.69 Å². The van der Waals surface area contributed by atoms with Gasteiger partial charge >= 0.3 is 11.3 Å². The first-order valence-electron chi connectivity index (χ1n) is 6.29. The van der Waals surface area contributed by atoms with Gasteiger partial charge in [-0.25, -0.2) is 9.79 Å². The lowest BCUT2D eigenvalue weighted by molar-refractivity contribution is -0.671. The Kier molecular flexibility index (Phi) is 3.79. The van der Waals surface area contributed by atoms with Crippen LogP contribution in [0.5, 0.6) is 5.75 Å². The van der Waals surface area contributed by atoms with E-state index < -0.39 is 5.63 Å². The fraction of sp³-hybridized carbons (Fsp3) is 0.154. The van der Waals surface area contributed by atoms with Crippen molar-refractivity contribution in [3.8, 4) is 11.4 Å². The number of aromatic amines is 1. The second-order valence-corrected chi connectivity index (χ2v) is 5.42. The van der Waals surface area contributed by atoms with Crippen LogP contribution in [0.2, 0.25) is 0 Å². The molecule has 3 aromatic rings. The number of methoxy groups -OCH3 is 1. The molecule has 0 saturated heterocycles. The number of aromatic nitrogens is 4. The van der Waals surface area contributed by atoms with Crippen LogP contribution in [-0.2, 0) is 0 Å². The number of aliphatic imine (C=N–C) groups is 1. The smallest absolute Gasteiger partial charge is 0.436 e. The molecule has 1 N–H and O–H groups in total. The highest BCUT2D eigenvalue weighted by Gasteiger charge is 2.21. The second kappa shape index (κ2) is 5.90. The Morgan fingerprint density at radius 2 is 2.14 bits per heavy atom. The van der Waals surface area contributed by atoms with Crippen LogP contribution in [0.1, 0.15) is 10.7 Å². The van der Waals surface area contributed by atoms with E-state index in [4.69, 9.17) is 9.26 Å². The summed E-state index contributed by atoms with van der Waals surface area (Å²) >= 11 is 1.33. The number of H-pyrrole nitrogens is 1. The van der Waals surface area contributed by atoms with E-state index in [0.29, 0.717) is 10.8 Å². The van der Waals surface area contributed by atoms with Crippen molar-refractivity contribution in [3.05, 3.63) is 45.4 Å². The molecule has 0 aliphatic rings. The molecular weight excluding hydrogens is 306 g/mol. The number of benzene rings is 1. The lowest BCUT2D eigenvalue weighted by Gasteiger charge is -1.97. The van der Waals surface area contributed by atoms with Crippen molar-refractivity contribution in [2.45, 2.75) is 6.92 Å². The predicted octanol–water partition coefficient (Wildman–Crippen LogP) is 1.16. The summed E-state index contributed by atoms with van der Waals surface area (Å²) in [5, 5.41) is 11.5. The standard InChI is InChI=1S/C13H11N5O3S/c1-8-15-16-13(22-8)14-7-11-12(19)21-17-18(11)9-3-5-10(20-2)6-4-9/h3-7H,1-2H3/p+1. The van der Waals surface area contributed by atoms with Crippen LogP contribution in [0.15, 0.2) is 38.6 Å². The van der Waals surface area contributed by atoms with Gasteiger partial charge in [0.1, 0.15) is 17.0 Å². The lowest BCUT2D eigenvalue weighted by atomic mass is 10.3. The minimum atomic E-state index is -0.527. The fourth-order valence-corrected chi connectivity index (χ4v) is 2.30. The highest BCUT2D eigenvalue weighted by molar-refractivity contribution is 7.14. The van der Waals surface area contributed by atoms with Gasteiger partial charge in [0.15, 0.2) is 0 Å². The van der Waals surface area contributed by atoms with Gasteiger partial charge < -0.3 is 4.74 Å². The van der Waals surface area contributed by atoms with Crippen molar-refractivity contribution in [1.29, 1.82) is 0 Å². The molecule has 8 nitrogen and oxygen atoms in total. The first-order chi connectivity index (χ1) is 10.7. The van der Waals surface area contributed by atoms with Crippen molar-refractivity contribution in [3.63, 3.8) is 0 Å². The van der Waals surface area contributed by atoms with E-state index in [0.717, 1.165) is 10.8 Å². The van der Waals surface area contributed by atoms with Crippen LogP contribution in [0.3, 0.4) is 0 Å². The Hall–Kier alpha value is -2.81. The number of ether oxygens (including phenoxy) is 1. The summed E-state index contributed by atoms with van der Waals surface area (Å²) in [6.45, 7) is 1.83. The minimum absolute atomic E-state index is 0.248. The molecule has 0 atom stereocenters. The molecule has 0 bridgehead atoms. The maximum Gasteiger partial charge on any atom is 0.436 e. The van der Waals surface area contributed by atoms with E-state index in [9.17, 15) is 4.79 Å². The normalized spacial score (nSPS) is 11.2. The molecule has 22 heavy (non-hydrogen) atoms. The number of nitrogens with zero attached hydrogens (tertiary/aromatic N) is 4. The third-order valence-corrected chi connectivity index (χ3v) is 3.57. The molecule has 9 heteroatoms. The Morgan fingerprint density at radius 1 is 1.36 bits per heavy atom. The summed E-state index contributed by atoms with van der Waals surface area (Å²) in [4.78, 5) is 15.9. The van der Waals surface area contributed by atoms with E-state index in [-0.39, 0.29) is 5.69 Å². The molecule has 0 aliphatic heterocycles. The van der Waals surface area contributed by atoms with Crippen LogP contribution in [-0.4, -0.2) is 28.8 Å². The maximum atomic E-state index is 11.8. The van der Waals surface area contributed by atoms with Crippen molar-refractivity contribution >= 4 is 22.7 Å². The summed E-state index contributed by atoms with van der Waals surface area (Å²) < 4.78 is 11.4. The SMILES string of the molecule is COc1ccc(-[n+]2[nH]oc(=O)c2C=Nc2nnc(C)s2)cc1.